The van der Waals surface area contributed by atoms with E-state index >= 15 is 0 Å². The van der Waals surface area contributed by atoms with Crippen LogP contribution in [-0.4, -0.2) is 49.4 Å². The van der Waals surface area contributed by atoms with Crippen LogP contribution in [0.1, 0.15) is 42.1 Å². The molecular weight excluding hydrogens is 332 g/mol. The lowest BCUT2D eigenvalue weighted by Crippen LogP contribution is -2.49. The fourth-order valence-electron chi connectivity index (χ4n) is 4.48. The molecule has 0 spiro atoms. The van der Waals surface area contributed by atoms with Crippen molar-refractivity contribution < 1.29 is 19.0 Å². The third-order valence-corrected chi connectivity index (χ3v) is 6.12. The van der Waals surface area contributed by atoms with Gasteiger partial charge in [-0.1, -0.05) is 0 Å². The second kappa shape index (κ2) is 6.74. The smallest absolute Gasteiger partial charge is 0.251 e. The average Bonchev–Trinajstić information content (AvgIpc) is 3.23. The van der Waals surface area contributed by atoms with Gasteiger partial charge < -0.3 is 24.8 Å². The fraction of sp³-hybridized carbons (Fsp3) is 0.650. The molecular formula is C20H28N2O4. The van der Waals surface area contributed by atoms with Crippen LogP contribution in [0.4, 0.5) is 0 Å². The Morgan fingerprint density at radius 1 is 1.27 bits per heavy atom. The first-order valence-electron chi connectivity index (χ1n) is 9.58. The molecule has 2 fully saturated rings. The minimum atomic E-state index is -0.675. The van der Waals surface area contributed by atoms with Crippen LogP contribution in [-0.2, 0) is 4.74 Å². The van der Waals surface area contributed by atoms with Crippen molar-refractivity contribution in [2.75, 3.05) is 32.8 Å². The largest absolute Gasteiger partial charge is 0.448 e. The van der Waals surface area contributed by atoms with Gasteiger partial charge in [-0.2, -0.15) is 0 Å². The maximum Gasteiger partial charge on any atom is 0.251 e. The molecule has 0 saturated carbocycles. The van der Waals surface area contributed by atoms with Gasteiger partial charge in [0, 0.05) is 37.1 Å². The maximum absolute atomic E-state index is 11.6. The van der Waals surface area contributed by atoms with Gasteiger partial charge in [-0.3, -0.25) is 4.79 Å². The number of likely N-dealkylation sites (tertiary alicyclic amines) is 1. The quantitative estimate of drug-likeness (QED) is 0.892. The van der Waals surface area contributed by atoms with Crippen molar-refractivity contribution in [1.29, 1.82) is 0 Å². The Bertz CT molecular complexity index is 693. The normalized spacial score (nSPS) is 29.2. The van der Waals surface area contributed by atoms with Crippen LogP contribution in [0.25, 0.3) is 0 Å². The van der Waals surface area contributed by atoms with Gasteiger partial charge in [0.2, 0.25) is 5.91 Å². The predicted octanol–water partition coefficient (Wildman–Crippen LogP) is 2.33. The second-order valence-electron chi connectivity index (χ2n) is 7.95. The molecule has 6 nitrogen and oxygen atoms in total. The third-order valence-electron chi connectivity index (χ3n) is 6.12. The Hall–Kier alpha value is -1.79. The standard InChI is InChI=1S/C20H28N2O4/c1-13-16(19(21)23)3-4-17-18(13)26-20(2,25-17)15-5-8-22(9-6-15)11-14-7-10-24-12-14/h3-4,14-15H,5-12H2,1-2H3,(H2,21,23). The molecule has 3 heterocycles. The zero-order chi connectivity index (χ0) is 18.3. The first kappa shape index (κ1) is 17.6. The van der Waals surface area contributed by atoms with E-state index in [0.29, 0.717) is 28.9 Å². The number of amides is 1. The van der Waals surface area contributed by atoms with Gasteiger partial charge in [-0.25, -0.2) is 0 Å². The summed E-state index contributed by atoms with van der Waals surface area (Å²) in [6, 6.07) is 3.51. The minimum absolute atomic E-state index is 0.322. The number of ether oxygens (including phenoxy) is 3. The Labute approximate surface area is 154 Å². The van der Waals surface area contributed by atoms with Crippen molar-refractivity contribution in [3.8, 4) is 11.5 Å². The number of hydrogen-bond donors (Lipinski definition) is 1. The number of carbonyl (C=O) groups is 1. The summed E-state index contributed by atoms with van der Waals surface area (Å²) < 4.78 is 18.0. The highest BCUT2D eigenvalue weighted by Crippen LogP contribution is 2.47. The van der Waals surface area contributed by atoms with E-state index in [2.05, 4.69) is 4.90 Å². The molecule has 3 aliphatic heterocycles. The molecule has 2 unspecified atom stereocenters. The summed E-state index contributed by atoms with van der Waals surface area (Å²) in [4.78, 5) is 14.1. The van der Waals surface area contributed by atoms with Crippen molar-refractivity contribution in [2.24, 2.45) is 17.6 Å². The van der Waals surface area contributed by atoms with E-state index in [1.165, 1.54) is 6.42 Å². The van der Waals surface area contributed by atoms with Gasteiger partial charge in [-0.05, 0) is 57.3 Å². The Kier molecular flexibility index (Phi) is 4.57. The van der Waals surface area contributed by atoms with E-state index in [-0.39, 0.29) is 0 Å². The fourth-order valence-corrected chi connectivity index (χ4v) is 4.48. The first-order chi connectivity index (χ1) is 12.5. The molecule has 0 aromatic heterocycles. The highest BCUT2D eigenvalue weighted by atomic mass is 16.7. The van der Waals surface area contributed by atoms with Gasteiger partial charge >= 0.3 is 0 Å². The zero-order valence-electron chi connectivity index (χ0n) is 15.6. The lowest BCUT2D eigenvalue weighted by atomic mass is 9.88. The summed E-state index contributed by atoms with van der Waals surface area (Å²) in [5.74, 6) is 1.26. The molecule has 6 heteroatoms. The zero-order valence-corrected chi connectivity index (χ0v) is 15.6. The molecule has 1 amide bonds. The lowest BCUT2D eigenvalue weighted by Gasteiger charge is -2.39. The molecule has 142 valence electrons. The van der Waals surface area contributed by atoms with E-state index in [9.17, 15) is 4.79 Å². The van der Waals surface area contributed by atoms with Crippen LogP contribution in [0.15, 0.2) is 12.1 Å². The summed E-state index contributed by atoms with van der Waals surface area (Å²) in [6.07, 6.45) is 3.26. The minimum Gasteiger partial charge on any atom is -0.448 e. The number of carbonyl (C=O) groups excluding carboxylic acids is 1. The first-order valence-corrected chi connectivity index (χ1v) is 9.58. The maximum atomic E-state index is 11.6. The van der Waals surface area contributed by atoms with Crippen LogP contribution in [0.2, 0.25) is 0 Å². The number of fused-ring (bicyclic) bond motifs is 1. The van der Waals surface area contributed by atoms with Crippen molar-refractivity contribution in [2.45, 2.75) is 38.9 Å². The molecule has 1 aromatic carbocycles. The number of benzene rings is 1. The van der Waals surface area contributed by atoms with Crippen LogP contribution in [0, 0.1) is 18.8 Å². The van der Waals surface area contributed by atoms with Gasteiger partial charge in [0.15, 0.2) is 11.5 Å². The van der Waals surface area contributed by atoms with Crippen LogP contribution < -0.4 is 15.2 Å². The van der Waals surface area contributed by atoms with Crippen LogP contribution >= 0.6 is 0 Å². The molecule has 0 bridgehead atoms. The van der Waals surface area contributed by atoms with E-state index in [4.69, 9.17) is 19.9 Å². The number of hydrogen-bond acceptors (Lipinski definition) is 5. The molecule has 1 aromatic rings. The lowest BCUT2D eigenvalue weighted by molar-refractivity contribution is -0.125. The Balaban J connectivity index is 1.41. The number of primary amides is 1. The predicted molar refractivity (Wildman–Crippen MR) is 97.4 cm³/mol. The summed E-state index contributed by atoms with van der Waals surface area (Å²) in [6.45, 7) is 8.94. The Morgan fingerprint density at radius 2 is 2.04 bits per heavy atom. The summed E-state index contributed by atoms with van der Waals surface area (Å²) in [7, 11) is 0. The number of nitrogens with zero attached hydrogens (tertiary/aromatic N) is 1. The SMILES string of the molecule is Cc1c(C(N)=O)ccc2c1OC(C)(C1CCN(CC3CCOC3)CC1)O2. The Morgan fingerprint density at radius 3 is 2.69 bits per heavy atom. The average molecular weight is 360 g/mol. The van der Waals surface area contributed by atoms with E-state index in [0.717, 1.165) is 51.3 Å². The summed E-state index contributed by atoms with van der Waals surface area (Å²) in [5, 5.41) is 0. The summed E-state index contributed by atoms with van der Waals surface area (Å²) >= 11 is 0. The van der Waals surface area contributed by atoms with Crippen molar-refractivity contribution in [1.82, 2.24) is 4.90 Å². The van der Waals surface area contributed by atoms with Gasteiger partial charge in [-0.15, -0.1) is 0 Å². The summed E-state index contributed by atoms with van der Waals surface area (Å²) in [5.41, 5.74) is 6.70. The number of rotatable bonds is 4. The van der Waals surface area contributed by atoms with Crippen molar-refractivity contribution in [3.05, 3.63) is 23.3 Å². The van der Waals surface area contributed by atoms with Crippen molar-refractivity contribution >= 4 is 5.91 Å². The van der Waals surface area contributed by atoms with Crippen molar-refractivity contribution in [3.63, 3.8) is 0 Å². The highest BCUT2D eigenvalue weighted by molar-refractivity contribution is 5.95. The van der Waals surface area contributed by atoms with Gasteiger partial charge in [0.05, 0.1) is 6.61 Å². The third kappa shape index (κ3) is 3.16. The molecule has 4 rings (SSSR count). The molecule has 2 saturated heterocycles. The molecule has 0 aliphatic carbocycles. The molecule has 2 N–H and O–H groups in total. The van der Waals surface area contributed by atoms with E-state index in [1.54, 1.807) is 12.1 Å². The molecule has 26 heavy (non-hydrogen) atoms. The monoisotopic (exact) mass is 360 g/mol. The second-order valence-corrected chi connectivity index (χ2v) is 7.95. The number of nitrogens with two attached hydrogens (primary N) is 1. The molecule has 2 atom stereocenters. The number of piperidine rings is 1. The highest BCUT2D eigenvalue weighted by Gasteiger charge is 2.46. The molecule has 3 aliphatic rings. The molecule has 0 radical (unpaired) electrons. The van der Waals surface area contributed by atoms with E-state index in [1.807, 2.05) is 13.8 Å². The van der Waals surface area contributed by atoms with E-state index < -0.39 is 11.7 Å². The van der Waals surface area contributed by atoms with Gasteiger partial charge in [0.25, 0.3) is 5.79 Å². The van der Waals surface area contributed by atoms with Crippen LogP contribution in [0.3, 0.4) is 0 Å². The van der Waals surface area contributed by atoms with Gasteiger partial charge in [0.1, 0.15) is 0 Å². The van der Waals surface area contributed by atoms with Crippen LogP contribution in [0.5, 0.6) is 11.5 Å². The topological polar surface area (TPSA) is 74.0 Å².